The first-order valence-corrected chi connectivity index (χ1v) is 10.6. The molecule has 0 unspecified atom stereocenters. The van der Waals surface area contributed by atoms with Gasteiger partial charge in [0.05, 0.1) is 18.3 Å². The number of nitrogens with zero attached hydrogens (tertiary/aromatic N) is 3. The zero-order valence-electron chi connectivity index (χ0n) is 17.7. The van der Waals surface area contributed by atoms with E-state index in [-0.39, 0.29) is 18.1 Å². The quantitative estimate of drug-likeness (QED) is 0.423. The van der Waals surface area contributed by atoms with Crippen LogP contribution in [0.25, 0.3) is 10.9 Å². The summed E-state index contributed by atoms with van der Waals surface area (Å²) in [6, 6.07) is 8.01. The van der Waals surface area contributed by atoms with Crippen LogP contribution in [0.3, 0.4) is 0 Å². The molecule has 1 saturated heterocycles. The van der Waals surface area contributed by atoms with Gasteiger partial charge in [0, 0.05) is 23.0 Å². The number of hydrogen-bond donors (Lipinski definition) is 1. The summed E-state index contributed by atoms with van der Waals surface area (Å²) in [4.78, 5) is 11.0. The molecular formula is C23H25Cl2FN4O2. The highest BCUT2D eigenvalue weighted by atomic mass is 35.5. The molecule has 6 nitrogen and oxygen atoms in total. The topological polar surface area (TPSA) is 59.5 Å². The minimum absolute atomic E-state index is 0. The monoisotopic (exact) mass is 478 g/mol. The van der Waals surface area contributed by atoms with Gasteiger partial charge in [0.2, 0.25) is 0 Å². The number of rotatable bonds is 8. The number of nitrogens with one attached hydrogen (secondary N) is 1. The van der Waals surface area contributed by atoms with Crippen molar-refractivity contribution in [3.05, 3.63) is 59.7 Å². The van der Waals surface area contributed by atoms with Crippen molar-refractivity contribution >= 4 is 46.4 Å². The van der Waals surface area contributed by atoms with Gasteiger partial charge in [-0.1, -0.05) is 23.8 Å². The maximum Gasteiger partial charge on any atom is 0.163 e. The molecule has 0 atom stereocenters. The third-order valence-corrected chi connectivity index (χ3v) is 5.40. The third kappa shape index (κ3) is 5.79. The van der Waals surface area contributed by atoms with Crippen molar-refractivity contribution in [2.24, 2.45) is 0 Å². The second-order valence-corrected chi connectivity index (χ2v) is 7.72. The zero-order chi connectivity index (χ0) is 21.6. The molecule has 0 bridgehead atoms. The van der Waals surface area contributed by atoms with Crippen LogP contribution in [-0.4, -0.2) is 48.2 Å². The Morgan fingerprint density at radius 2 is 1.94 bits per heavy atom. The lowest BCUT2D eigenvalue weighted by Crippen LogP contribution is -2.18. The van der Waals surface area contributed by atoms with Gasteiger partial charge in [-0.2, -0.15) is 0 Å². The molecular weight excluding hydrogens is 454 g/mol. The maximum atomic E-state index is 14.2. The minimum Gasteiger partial charge on any atom is -0.493 e. The summed E-state index contributed by atoms with van der Waals surface area (Å²) in [5.41, 5.74) is 0.926. The highest BCUT2D eigenvalue weighted by Crippen LogP contribution is 2.35. The van der Waals surface area contributed by atoms with Crippen LogP contribution >= 0.6 is 24.0 Å². The molecule has 1 aliphatic rings. The van der Waals surface area contributed by atoms with Gasteiger partial charge in [0.25, 0.3) is 0 Å². The molecule has 32 heavy (non-hydrogen) atoms. The summed E-state index contributed by atoms with van der Waals surface area (Å²) in [6.07, 6.45) is 8.12. The first-order chi connectivity index (χ1) is 15.1. The van der Waals surface area contributed by atoms with Crippen molar-refractivity contribution in [2.75, 3.05) is 38.7 Å². The number of hydrogen-bond acceptors (Lipinski definition) is 6. The van der Waals surface area contributed by atoms with E-state index in [2.05, 4.69) is 26.3 Å². The van der Waals surface area contributed by atoms with E-state index in [1.807, 2.05) is 6.08 Å². The molecule has 3 aromatic rings. The molecule has 0 aliphatic carbocycles. The van der Waals surface area contributed by atoms with Crippen LogP contribution in [0.1, 0.15) is 12.8 Å². The fourth-order valence-corrected chi connectivity index (χ4v) is 3.71. The molecule has 1 aromatic heterocycles. The first-order valence-electron chi connectivity index (χ1n) is 10.2. The molecule has 9 heteroatoms. The Morgan fingerprint density at radius 3 is 2.69 bits per heavy atom. The lowest BCUT2D eigenvalue weighted by Gasteiger charge is -2.14. The SMILES string of the molecule is COc1cc2c(Nc3ccc(Cl)cc3F)ncnc2cc1OC/C=C/CN1CCCC1.Cl. The van der Waals surface area contributed by atoms with Gasteiger partial charge in [-0.25, -0.2) is 14.4 Å². The predicted octanol–water partition coefficient (Wildman–Crippen LogP) is 5.63. The zero-order valence-corrected chi connectivity index (χ0v) is 19.3. The van der Waals surface area contributed by atoms with Crippen LogP contribution in [0.4, 0.5) is 15.9 Å². The Hall–Kier alpha value is -2.61. The van der Waals surface area contributed by atoms with Crippen molar-refractivity contribution in [3.63, 3.8) is 0 Å². The summed E-state index contributed by atoms with van der Waals surface area (Å²) in [7, 11) is 1.58. The summed E-state index contributed by atoms with van der Waals surface area (Å²) in [5, 5.41) is 4.02. The summed E-state index contributed by atoms with van der Waals surface area (Å²) >= 11 is 5.84. The number of likely N-dealkylation sites (tertiary alicyclic amines) is 1. The van der Waals surface area contributed by atoms with Gasteiger partial charge in [-0.3, -0.25) is 4.90 Å². The van der Waals surface area contributed by atoms with Gasteiger partial charge in [0.15, 0.2) is 11.5 Å². The number of fused-ring (bicyclic) bond motifs is 1. The van der Waals surface area contributed by atoms with Crippen LogP contribution in [0, 0.1) is 5.82 Å². The van der Waals surface area contributed by atoms with E-state index in [1.165, 1.54) is 38.3 Å². The Balaban J connectivity index is 0.00000289. The number of aromatic nitrogens is 2. The van der Waals surface area contributed by atoms with Crippen LogP contribution < -0.4 is 14.8 Å². The molecule has 1 aliphatic heterocycles. The number of ether oxygens (including phenoxy) is 2. The largest absolute Gasteiger partial charge is 0.493 e. The third-order valence-electron chi connectivity index (χ3n) is 5.17. The minimum atomic E-state index is -0.466. The van der Waals surface area contributed by atoms with Gasteiger partial charge in [-0.15, -0.1) is 12.4 Å². The average molecular weight is 479 g/mol. The van der Waals surface area contributed by atoms with E-state index in [9.17, 15) is 4.39 Å². The molecule has 0 amide bonds. The van der Waals surface area contributed by atoms with E-state index in [0.717, 1.165) is 6.54 Å². The van der Waals surface area contributed by atoms with Crippen LogP contribution in [0.5, 0.6) is 11.5 Å². The number of anilines is 2. The van der Waals surface area contributed by atoms with E-state index >= 15 is 0 Å². The number of halogens is 3. The standard InChI is InChI=1S/C23H24ClFN4O2.ClH/c1-30-21-13-17-20(14-22(21)31-11-5-4-10-29-8-2-3-9-29)26-15-27-23(17)28-19-7-6-16(24)12-18(19)25;/h4-7,12-15H,2-3,8-11H2,1H3,(H,26,27,28);1H/b5-4+;. The molecule has 170 valence electrons. The molecule has 1 fully saturated rings. The second-order valence-electron chi connectivity index (χ2n) is 7.28. The van der Waals surface area contributed by atoms with Crippen molar-refractivity contribution in [1.82, 2.24) is 14.9 Å². The highest BCUT2D eigenvalue weighted by molar-refractivity contribution is 6.30. The molecule has 0 saturated carbocycles. The average Bonchev–Trinajstić information content (AvgIpc) is 3.28. The molecule has 0 radical (unpaired) electrons. The fraction of sp³-hybridized carbons (Fsp3) is 0.304. The van der Waals surface area contributed by atoms with Gasteiger partial charge in [0.1, 0.15) is 24.6 Å². The molecule has 2 heterocycles. The Morgan fingerprint density at radius 1 is 1.12 bits per heavy atom. The summed E-state index contributed by atoms with van der Waals surface area (Å²) in [5.74, 6) is 1.13. The van der Waals surface area contributed by atoms with E-state index in [1.54, 1.807) is 31.4 Å². The first kappa shape index (κ1) is 24.0. The Bertz CT molecular complexity index is 1090. The predicted molar refractivity (Wildman–Crippen MR) is 128 cm³/mol. The van der Waals surface area contributed by atoms with Crippen LogP contribution in [-0.2, 0) is 0 Å². The van der Waals surface area contributed by atoms with Crippen LogP contribution in [0.15, 0.2) is 48.8 Å². The molecule has 0 spiro atoms. The van der Waals surface area contributed by atoms with Crippen molar-refractivity contribution in [1.29, 1.82) is 0 Å². The molecule has 2 aromatic carbocycles. The van der Waals surface area contributed by atoms with Crippen molar-refractivity contribution < 1.29 is 13.9 Å². The van der Waals surface area contributed by atoms with Gasteiger partial charge >= 0.3 is 0 Å². The normalized spacial score (nSPS) is 14.0. The van der Waals surface area contributed by atoms with E-state index in [4.69, 9.17) is 21.1 Å². The van der Waals surface area contributed by atoms with E-state index in [0.29, 0.717) is 39.8 Å². The van der Waals surface area contributed by atoms with Crippen LogP contribution in [0.2, 0.25) is 5.02 Å². The lowest BCUT2D eigenvalue weighted by molar-refractivity contribution is 0.325. The van der Waals surface area contributed by atoms with Crippen molar-refractivity contribution in [3.8, 4) is 11.5 Å². The fourth-order valence-electron chi connectivity index (χ4n) is 3.55. The summed E-state index contributed by atoms with van der Waals surface area (Å²) in [6.45, 7) is 3.71. The number of benzene rings is 2. The van der Waals surface area contributed by atoms with Gasteiger partial charge < -0.3 is 14.8 Å². The molecule has 4 rings (SSSR count). The Kier molecular flexibility index (Phi) is 8.50. The lowest BCUT2D eigenvalue weighted by atomic mass is 10.2. The number of methoxy groups -OCH3 is 1. The van der Waals surface area contributed by atoms with E-state index < -0.39 is 5.82 Å². The van der Waals surface area contributed by atoms with Gasteiger partial charge in [-0.05, 0) is 50.2 Å². The summed E-state index contributed by atoms with van der Waals surface area (Å²) < 4.78 is 25.6. The highest BCUT2D eigenvalue weighted by Gasteiger charge is 2.13. The maximum absolute atomic E-state index is 14.2. The van der Waals surface area contributed by atoms with Crippen molar-refractivity contribution in [2.45, 2.75) is 12.8 Å². The smallest absolute Gasteiger partial charge is 0.163 e. The molecule has 1 N–H and O–H groups in total. The Labute approximate surface area is 197 Å². The second kappa shape index (κ2) is 11.3.